The summed E-state index contributed by atoms with van der Waals surface area (Å²) in [6, 6.07) is -0.455. The number of hydrogen-bond acceptors (Lipinski definition) is 6. The lowest BCUT2D eigenvalue weighted by Gasteiger charge is -2.37. The first-order valence-corrected chi connectivity index (χ1v) is 19.1. The summed E-state index contributed by atoms with van der Waals surface area (Å²) in [6.45, 7) is 12.5. The van der Waals surface area contributed by atoms with Crippen LogP contribution in [0.3, 0.4) is 0 Å². The number of nitrogens with one attached hydrogen (secondary N) is 2. The Hall–Kier alpha value is -3.24. The lowest BCUT2D eigenvalue weighted by Crippen LogP contribution is -2.86. The van der Waals surface area contributed by atoms with Gasteiger partial charge in [-0.05, 0) is 81.5 Å². The molecule has 47 heavy (non-hydrogen) atoms. The molecule has 16 heteroatoms. The highest BCUT2D eigenvalue weighted by molar-refractivity contribution is 6.74. The van der Waals surface area contributed by atoms with Crippen LogP contribution >= 0.6 is 0 Å². The number of nitrogens with two attached hydrogens (primary N) is 2. The van der Waals surface area contributed by atoms with Crippen LogP contribution in [0.15, 0.2) is 30.4 Å². The number of anilines is 1. The summed E-state index contributed by atoms with van der Waals surface area (Å²) in [7, 11) is -2.39. The van der Waals surface area contributed by atoms with Crippen LogP contribution in [0.2, 0.25) is 18.1 Å². The van der Waals surface area contributed by atoms with E-state index in [4.69, 9.17) is 10.2 Å². The summed E-state index contributed by atoms with van der Waals surface area (Å²) >= 11 is 0. The third-order valence-corrected chi connectivity index (χ3v) is 14.0. The third-order valence-electron chi connectivity index (χ3n) is 9.50. The van der Waals surface area contributed by atoms with E-state index in [1.165, 1.54) is 12.4 Å². The van der Waals surface area contributed by atoms with E-state index in [1.807, 2.05) is 47.7 Å². The maximum atomic E-state index is 15.5. The second kappa shape index (κ2) is 14.1. The lowest BCUT2D eigenvalue weighted by atomic mass is 9.88. The molecule has 262 valence electrons. The fourth-order valence-corrected chi connectivity index (χ4v) is 6.56. The van der Waals surface area contributed by atoms with E-state index >= 15 is 4.39 Å². The molecule has 0 spiro atoms. The molecule has 2 aliphatic carbocycles. The fourth-order valence-electron chi connectivity index (χ4n) is 5.55. The fraction of sp³-hybridized carbons (Fsp3) is 0.677. The van der Waals surface area contributed by atoms with E-state index in [-0.39, 0.29) is 46.8 Å². The smallest absolute Gasteiger partial charge is 0.414 e. The maximum absolute atomic E-state index is 15.5. The average molecular weight is 686 g/mol. The molecule has 6 N–H and O–H groups in total. The number of carbonyl (C=O) groups excluding carboxylic acids is 2. The largest absolute Gasteiger partial charge is 0.438 e. The van der Waals surface area contributed by atoms with Crippen LogP contribution in [-0.2, 0) is 9.22 Å². The molecule has 2 aliphatic rings. The standard InChI is InChI=1S/C31H48F4N8O3Si/c1-18(2)43-23(12-13-38-43)28(44)40-26(25(19-8-9-19)20-10-11-20)29(45)39-22-15-42(41-27(22)32)24(16-46-47(6,7)30(3,4)5)21(14-36)37-17-31(33,34)35/h12-15,18-20,24-26,37H,8-11,16-17,36H2,1-7H3,(H,39,45)(H,40,44)/p+1/b21-14-/t24?,26-/m0/s1. The molecule has 2 fully saturated rings. The van der Waals surface area contributed by atoms with Gasteiger partial charge in [0.05, 0.1) is 19.0 Å². The second-order valence-corrected chi connectivity index (χ2v) is 19.3. The Bertz CT molecular complexity index is 1430. The van der Waals surface area contributed by atoms with Crippen LogP contribution in [0.1, 0.15) is 82.9 Å². The quantitative estimate of drug-likeness (QED) is 0.161. The monoisotopic (exact) mass is 685 g/mol. The molecule has 2 aromatic heterocycles. The van der Waals surface area contributed by atoms with Crippen molar-refractivity contribution in [1.29, 1.82) is 0 Å². The Morgan fingerprint density at radius 3 is 2.30 bits per heavy atom. The van der Waals surface area contributed by atoms with Crippen LogP contribution in [0, 0.1) is 23.7 Å². The predicted molar refractivity (Wildman–Crippen MR) is 171 cm³/mol. The Balaban J connectivity index is 1.61. The number of hydrogen-bond donors (Lipinski definition) is 4. The highest BCUT2D eigenvalue weighted by atomic mass is 28.4. The number of rotatable bonds is 15. The van der Waals surface area contributed by atoms with Crippen LogP contribution in [0.25, 0.3) is 0 Å². The van der Waals surface area contributed by atoms with Crippen molar-refractivity contribution in [3.8, 4) is 0 Å². The number of quaternary nitrogens is 1. The summed E-state index contributed by atoms with van der Waals surface area (Å²) in [5.41, 5.74) is 5.89. The summed E-state index contributed by atoms with van der Waals surface area (Å²) in [5, 5.41) is 14.4. The lowest BCUT2D eigenvalue weighted by molar-refractivity contribution is -0.636. The molecular weight excluding hydrogens is 636 g/mol. The minimum absolute atomic E-state index is 0.0517. The highest BCUT2D eigenvalue weighted by Crippen LogP contribution is 2.51. The van der Waals surface area contributed by atoms with Crippen molar-refractivity contribution in [2.24, 2.45) is 23.5 Å². The second-order valence-electron chi connectivity index (χ2n) is 14.5. The Kier molecular flexibility index (Phi) is 11.0. The molecule has 0 aliphatic heterocycles. The molecule has 4 rings (SSSR count). The van der Waals surface area contributed by atoms with E-state index in [0.29, 0.717) is 5.69 Å². The SMILES string of the molecule is CC(C)n1nccc1C(=O)N[C@H](C(=O)Nc1cn(C(CO[Si](C)(C)C(C)(C)C)/C(=C/N)[NH2+]CC(F)(F)F)nc1F)C(C1CC1)C1CC1. The Morgan fingerprint density at radius 1 is 1.17 bits per heavy atom. The Morgan fingerprint density at radius 2 is 1.79 bits per heavy atom. The van der Waals surface area contributed by atoms with E-state index < -0.39 is 50.9 Å². The zero-order chi connectivity index (χ0) is 34.9. The van der Waals surface area contributed by atoms with Crippen LogP contribution < -0.4 is 21.7 Å². The van der Waals surface area contributed by atoms with Crippen LogP contribution in [-0.4, -0.2) is 65.1 Å². The molecular formula is C31H49F4N8O3Si+. The molecule has 2 aromatic rings. The maximum Gasteiger partial charge on any atom is 0.438 e. The zero-order valence-electron chi connectivity index (χ0n) is 28.2. The van der Waals surface area contributed by atoms with Gasteiger partial charge in [0, 0.05) is 12.2 Å². The molecule has 1 unspecified atom stereocenters. The first-order chi connectivity index (χ1) is 21.8. The summed E-state index contributed by atoms with van der Waals surface area (Å²) in [5.74, 6) is -1.68. The van der Waals surface area contributed by atoms with Crippen LogP contribution in [0.5, 0.6) is 0 Å². The van der Waals surface area contributed by atoms with Crippen molar-refractivity contribution < 1.29 is 36.9 Å². The minimum Gasteiger partial charge on any atom is -0.414 e. The molecule has 2 heterocycles. The van der Waals surface area contributed by atoms with Gasteiger partial charge < -0.3 is 26.1 Å². The van der Waals surface area contributed by atoms with Gasteiger partial charge in [-0.25, -0.2) is 0 Å². The third kappa shape index (κ3) is 9.22. The summed E-state index contributed by atoms with van der Waals surface area (Å²) < 4.78 is 64.0. The Labute approximate surface area is 274 Å². The minimum atomic E-state index is -4.49. The normalized spacial score (nSPS) is 17.7. The molecule has 0 aromatic carbocycles. The van der Waals surface area contributed by atoms with Crippen molar-refractivity contribution in [2.75, 3.05) is 18.5 Å². The number of alkyl halides is 3. The molecule has 0 bridgehead atoms. The number of halogens is 4. The van der Waals surface area contributed by atoms with E-state index in [1.54, 1.807) is 10.7 Å². The molecule has 0 radical (unpaired) electrons. The van der Waals surface area contributed by atoms with Gasteiger partial charge in [0.15, 0.2) is 14.9 Å². The number of aromatic nitrogens is 4. The van der Waals surface area contributed by atoms with E-state index in [9.17, 15) is 22.8 Å². The van der Waals surface area contributed by atoms with Gasteiger partial charge in [0.2, 0.25) is 5.91 Å². The van der Waals surface area contributed by atoms with Crippen molar-refractivity contribution in [1.82, 2.24) is 24.9 Å². The number of nitrogens with zero attached hydrogens (tertiary/aromatic N) is 4. The van der Waals surface area contributed by atoms with Crippen molar-refractivity contribution in [2.45, 2.75) is 103 Å². The molecule has 2 amide bonds. The topological polar surface area (TPSA) is 146 Å². The summed E-state index contributed by atoms with van der Waals surface area (Å²) in [4.78, 5) is 27.4. The van der Waals surface area contributed by atoms with Gasteiger partial charge in [0.25, 0.3) is 11.9 Å². The predicted octanol–water partition coefficient (Wildman–Crippen LogP) is 4.46. The van der Waals surface area contributed by atoms with Crippen LogP contribution in [0.4, 0.5) is 23.2 Å². The molecule has 2 atom stereocenters. The highest BCUT2D eigenvalue weighted by Gasteiger charge is 2.49. The van der Waals surface area contributed by atoms with Crippen molar-refractivity contribution >= 4 is 25.8 Å². The molecule has 11 nitrogen and oxygen atoms in total. The summed E-state index contributed by atoms with van der Waals surface area (Å²) in [6.07, 6.45) is 3.06. The van der Waals surface area contributed by atoms with Gasteiger partial charge >= 0.3 is 6.18 Å². The zero-order valence-corrected chi connectivity index (χ0v) is 29.2. The number of carbonyl (C=O) groups is 2. The van der Waals surface area contributed by atoms with E-state index in [2.05, 4.69) is 20.8 Å². The van der Waals surface area contributed by atoms with Gasteiger partial charge in [-0.15, -0.1) is 5.10 Å². The number of amides is 2. The van der Waals surface area contributed by atoms with Crippen molar-refractivity contribution in [3.05, 3.63) is 42.0 Å². The molecule has 0 saturated heterocycles. The van der Waals surface area contributed by atoms with Crippen molar-refractivity contribution in [3.63, 3.8) is 0 Å². The van der Waals surface area contributed by atoms with Gasteiger partial charge in [-0.3, -0.25) is 19.0 Å². The molecule has 2 saturated carbocycles. The van der Waals surface area contributed by atoms with E-state index in [0.717, 1.165) is 41.9 Å². The van der Waals surface area contributed by atoms with Gasteiger partial charge in [-0.2, -0.15) is 22.7 Å². The first kappa shape index (κ1) is 36.6. The van der Waals surface area contributed by atoms with Gasteiger partial charge in [-0.1, -0.05) is 20.8 Å². The van der Waals surface area contributed by atoms with Gasteiger partial charge in [0.1, 0.15) is 29.2 Å². The average Bonchev–Trinajstić information content (AvgIpc) is 3.89. The first-order valence-electron chi connectivity index (χ1n) is 16.2.